The summed E-state index contributed by atoms with van der Waals surface area (Å²) in [5, 5.41) is 0. The lowest BCUT2D eigenvalue weighted by Gasteiger charge is -2.27. The highest BCUT2D eigenvalue weighted by atomic mass is 15.2. The lowest BCUT2D eigenvalue weighted by atomic mass is 10.1. The minimum atomic E-state index is 0.671. The number of hydrogen-bond donors (Lipinski definition) is 1. The number of likely N-dealkylation sites (tertiary alicyclic amines) is 1. The van der Waals surface area contributed by atoms with Gasteiger partial charge < -0.3 is 5.73 Å². The predicted molar refractivity (Wildman–Crippen MR) is 67.0 cm³/mol. The van der Waals surface area contributed by atoms with E-state index >= 15 is 0 Å². The van der Waals surface area contributed by atoms with E-state index in [2.05, 4.69) is 29.8 Å². The van der Waals surface area contributed by atoms with E-state index in [1.165, 1.54) is 19.3 Å². The molecule has 16 heavy (non-hydrogen) atoms. The van der Waals surface area contributed by atoms with Crippen molar-refractivity contribution in [3.8, 4) is 0 Å². The first-order valence-corrected chi connectivity index (χ1v) is 6.17. The van der Waals surface area contributed by atoms with Gasteiger partial charge in [0.15, 0.2) is 0 Å². The molecule has 0 saturated carbocycles. The lowest BCUT2D eigenvalue weighted by molar-refractivity contribution is 0.190. The van der Waals surface area contributed by atoms with Gasteiger partial charge in [0.05, 0.1) is 0 Å². The molecule has 1 aliphatic rings. The second-order valence-corrected chi connectivity index (χ2v) is 4.71. The van der Waals surface area contributed by atoms with Crippen LogP contribution in [0.15, 0.2) is 18.3 Å². The summed E-state index contributed by atoms with van der Waals surface area (Å²) in [6.45, 7) is 5.52. The van der Waals surface area contributed by atoms with Gasteiger partial charge in [-0.2, -0.15) is 0 Å². The molecule has 88 valence electrons. The van der Waals surface area contributed by atoms with Crippen LogP contribution in [0, 0.1) is 0 Å². The standard InChI is InChI=1S/C13H21N3/c1-3-12-7-6-10(2)16(12)9-11-5-4-8-15-13(11)14/h4-5,8,10,12H,3,6-7,9H2,1-2H3,(H2,14,15). The summed E-state index contributed by atoms with van der Waals surface area (Å²) >= 11 is 0. The van der Waals surface area contributed by atoms with Crippen molar-refractivity contribution in [2.24, 2.45) is 0 Å². The quantitative estimate of drug-likeness (QED) is 0.849. The average molecular weight is 219 g/mol. The number of aromatic nitrogens is 1. The van der Waals surface area contributed by atoms with Gasteiger partial charge in [-0.3, -0.25) is 4.90 Å². The van der Waals surface area contributed by atoms with Crippen LogP contribution in [-0.2, 0) is 6.54 Å². The number of hydrogen-bond acceptors (Lipinski definition) is 3. The summed E-state index contributed by atoms with van der Waals surface area (Å²) < 4.78 is 0. The monoisotopic (exact) mass is 219 g/mol. The molecule has 3 heteroatoms. The number of nitrogens with zero attached hydrogens (tertiary/aromatic N) is 2. The topological polar surface area (TPSA) is 42.2 Å². The Morgan fingerprint density at radius 1 is 1.50 bits per heavy atom. The fourth-order valence-corrected chi connectivity index (χ4v) is 2.63. The molecule has 2 N–H and O–H groups in total. The zero-order valence-corrected chi connectivity index (χ0v) is 10.2. The predicted octanol–water partition coefficient (Wildman–Crippen LogP) is 2.43. The van der Waals surface area contributed by atoms with Crippen LogP contribution in [0.4, 0.5) is 5.82 Å². The van der Waals surface area contributed by atoms with E-state index in [1.807, 2.05) is 6.07 Å². The molecule has 0 aliphatic carbocycles. The molecule has 2 heterocycles. The van der Waals surface area contributed by atoms with Crippen molar-refractivity contribution in [1.82, 2.24) is 9.88 Å². The Hall–Kier alpha value is -1.09. The summed E-state index contributed by atoms with van der Waals surface area (Å²) in [4.78, 5) is 6.71. The largest absolute Gasteiger partial charge is 0.383 e. The molecule has 0 amide bonds. The molecule has 1 aromatic heterocycles. The Morgan fingerprint density at radius 3 is 3.00 bits per heavy atom. The van der Waals surface area contributed by atoms with E-state index in [1.54, 1.807) is 6.20 Å². The molecule has 1 aromatic rings. The zero-order valence-electron chi connectivity index (χ0n) is 10.2. The highest BCUT2D eigenvalue weighted by molar-refractivity contribution is 5.38. The number of rotatable bonds is 3. The second kappa shape index (κ2) is 4.83. The highest BCUT2D eigenvalue weighted by Gasteiger charge is 2.29. The number of anilines is 1. The van der Waals surface area contributed by atoms with E-state index in [0.29, 0.717) is 11.9 Å². The van der Waals surface area contributed by atoms with Gasteiger partial charge in [-0.1, -0.05) is 13.0 Å². The molecule has 0 bridgehead atoms. The van der Waals surface area contributed by atoms with Crippen LogP contribution in [0.25, 0.3) is 0 Å². The SMILES string of the molecule is CCC1CCC(C)N1Cc1cccnc1N. The lowest BCUT2D eigenvalue weighted by Crippen LogP contribution is -2.33. The van der Waals surface area contributed by atoms with E-state index in [9.17, 15) is 0 Å². The summed E-state index contributed by atoms with van der Waals surface area (Å²) in [7, 11) is 0. The van der Waals surface area contributed by atoms with Crippen molar-refractivity contribution < 1.29 is 0 Å². The maximum Gasteiger partial charge on any atom is 0.127 e. The maximum absolute atomic E-state index is 5.89. The Morgan fingerprint density at radius 2 is 2.31 bits per heavy atom. The summed E-state index contributed by atoms with van der Waals surface area (Å²) in [6, 6.07) is 5.44. The van der Waals surface area contributed by atoms with Crippen LogP contribution in [0.2, 0.25) is 0 Å². The molecular weight excluding hydrogens is 198 g/mol. The van der Waals surface area contributed by atoms with E-state index in [4.69, 9.17) is 5.73 Å². The van der Waals surface area contributed by atoms with E-state index in [0.717, 1.165) is 18.2 Å². The Kier molecular flexibility index (Phi) is 3.44. The molecule has 0 spiro atoms. The van der Waals surface area contributed by atoms with Crippen LogP contribution in [0.3, 0.4) is 0 Å². The fourth-order valence-electron chi connectivity index (χ4n) is 2.63. The summed E-state index contributed by atoms with van der Waals surface area (Å²) in [6.07, 6.45) is 5.60. The van der Waals surface area contributed by atoms with Crippen molar-refractivity contribution in [1.29, 1.82) is 0 Å². The molecule has 2 unspecified atom stereocenters. The summed E-state index contributed by atoms with van der Waals surface area (Å²) in [5.74, 6) is 0.677. The van der Waals surface area contributed by atoms with Crippen LogP contribution >= 0.6 is 0 Å². The smallest absolute Gasteiger partial charge is 0.127 e. The van der Waals surface area contributed by atoms with Crippen molar-refractivity contribution in [2.45, 2.75) is 51.7 Å². The number of nitrogen functional groups attached to an aromatic ring is 1. The van der Waals surface area contributed by atoms with Gasteiger partial charge in [-0.25, -0.2) is 4.98 Å². The second-order valence-electron chi connectivity index (χ2n) is 4.71. The first-order valence-electron chi connectivity index (χ1n) is 6.17. The number of nitrogens with two attached hydrogens (primary N) is 1. The minimum Gasteiger partial charge on any atom is -0.383 e. The van der Waals surface area contributed by atoms with Gasteiger partial charge in [0, 0.05) is 30.4 Å². The van der Waals surface area contributed by atoms with Gasteiger partial charge >= 0.3 is 0 Å². The third kappa shape index (κ3) is 2.19. The van der Waals surface area contributed by atoms with Crippen molar-refractivity contribution in [3.63, 3.8) is 0 Å². The molecule has 1 aliphatic heterocycles. The molecule has 0 radical (unpaired) electrons. The van der Waals surface area contributed by atoms with E-state index in [-0.39, 0.29) is 0 Å². The molecule has 2 rings (SSSR count). The van der Waals surface area contributed by atoms with Crippen molar-refractivity contribution >= 4 is 5.82 Å². The molecule has 0 aromatic carbocycles. The molecule has 1 fully saturated rings. The third-order valence-electron chi connectivity index (χ3n) is 3.70. The van der Waals surface area contributed by atoms with E-state index < -0.39 is 0 Å². The Bertz CT molecular complexity index is 351. The van der Waals surface area contributed by atoms with Crippen LogP contribution in [-0.4, -0.2) is 22.0 Å². The number of pyridine rings is 1. The van der Waals surface area contributed by atoms with Gasteiger partial charge in [-0.15, -0.1) is 0 Å². The van der Waals surface area contributed by atoms with Crippen LogP contribution in [0.5, 0.6) is 0 Å². The fraction of sp³-hybridized carbons (Fsp3) is 0.615. The highest BCUT2D eigenvalue weighted by Crippen LogP contribution is 2.28. The van der Waals surface area contributed by atoms with Gasteiger partial charge in [0.1, 0.15) is 5.82 Å². The summed E-state index contributed by atoms with van der Waals surface area (Å²) in [5.41, 5.74) is 7.05. The van der Waals surface area contributed by atoms with Crippen molar-refractivity contribution in [3.05, 3.63) is 23.9 Å². The minimum absolute atomic E-state index is 0.671. The maximum atomic E-state index is 5.89. The molecule has 1 saturated heterocycles. The van der Waals surface area contributed by atoms with Gasteiger partial charge in [0.2, 0.25) is 0 Å². The third-order valence-corrected chi connectivity index (χ3v) is 3.70. The molecular formula is C13H21N3. The molecule has 3 nitrogen and oxygen atoms in total. The Labute approximate surface area is 97.7 Å². The van der Waals surface area contributed by atoms with Gasteiger partial charge in [0.25, 0.3) is 0 Å². The van der Waals surface area contributed by atoms with Crippen LogP contribution < -0.4 is 5.73 Å². The average Bonchev–Trinajstić information content (AvgIpc) is 2.63. The first-order chi connectivity index (χ1) is 7.72. The normalized spacial score (nSPS) is 26.1. The molecule has 2 atom stereocenters. The first kappa shape index (κ1) is 11.4. The van der Waals surface area contributed by atoms with Gasteiger partial charge in [-0.05, 0) is 32.3 Å². The Balaban J connectivity index is 2.11. The van der Waals surface area contributed by atoms with Crippen LogP contribution in [0.1, 0.15) is 38.7 Å². The zero-order chi connectivity index (χ0) is 11.5. The van der Waals surface area contributed by atoms with Crippen molar-refractivity contribution in [2.75, 3.05) is 5.73 Å².